The highest BCUT2D eigenvalue weighted by Crippen LogP contribution is 2.26. The van der Waals surface area contributed by atoms with Gasteiger partial charge >= 0.3 is 11.9 Å². The van der Waals surface area contributed by atoms with E-state index < -0.39 is 99.3 Å². The van der Waals surface area contributed by atoms with Crippen molar-refractivity contribution in [2.75, 3.05) is 26.4 Å². The summed E-state index contributed by atoms with van der Waals surface area (Å²) in [5.41, 5.74) is 0. The number of hydrogen-bond acceptors (Lipinski definition) is 15. The fourth-order valence-corrected chi connectivity index (χ4v) is 7.12. The maximum atomic E-state index is 13.0. The lowest BCUT2D eigenvalue weighted by atomic mass is 9.98. The minimum atomic E-state index is -1.78. The molecule has 0 aliphatic carbocycles. The molecule has 2 aliphatic rings. The molecule has 11 atom stereocenters. The van der Waals surface area contributed by atoms with Crippen LogP contribution in [-0.4, -0.2) is 142 Å². The van der Waals surface area contributed by atoms with Gasteiger partial charge in [0.15, 0.2) is 18.7 Å². The monoisotopic (exact) mass is 937 g/mol. The number of ether oxygens (including phenoxy) is 6. The summed E-state index contributed by atoms with van der Waals surface area (Å²) in [4.78, 5) is 25.7. The van der Waals surface area contributed by atoms with Crippen LogP contribution in [0.5, 0.6) is 0 Å². The molecule has 2 fully saturated rings. The fraction of sp³-hybridized carbons (Fsp3) is 0.725. The number of esters is 2. The number of carbonyl (C=O) groups excluding carboxylic acids is 2. The molecule has 0 spiro atoms. The van der Waals surface area contributed by atoms with Gasteiger partial charge in [0.2, 0.25) is 0 Å². The molecule has 378 valence electrons. The van der Waals surface area contributed by atoms with Crippen LogP contribution in [0.15, 0.2) is 72.9 Å². The number of rotatable bonds is 36. The van der Waals surface area contributed by atoms with E-state index in [1.54, 1.807) is 0 Å². The summed E-state index contributed by atoms with van der Waals surface area (Å²) in [6.45, 7) is 2.36. The van der Waals surface area contributed by atoms with Gasteiger partial charge in [-0.15, -0.1) is 0 Å². The topological polar surface area (TPSA) is 231 Å². The zero-order valence-electron chi connectivity index (χ0n) is 39.6. The van der Waals surface area contributed by atoms with Gasteiger partial charge in [0.25, 0.3) is 0 Å². The highest BCUT2D eigenvalue weighted by molar-refractivity contribution is 5.70. The number of aliphatic hydroxyl groups is 7. The highest BCUT2D eigenvalue weighted by Gasteiger charge is 2.47. The smallest absolute Gasteiger partial charge is 0.306 e. The summed E-state index contributed by atoms with van der Waals surface area (Å²) in [5.74, 6) is -0.998. The van der Waals surface area contributed by atoms with Gasteiger partial charge in [-0.25, -0.2) is 0 Å². The molecule has 0 bridgehead atoms. The molecule has 2 heterocycles. The number of allylic oxidation sites excluding steroid dienone is 12. The number of carbonyl (C=O) groups is 2. The Morgan fingerprint density at radius 3 is 1.53 bits per heavy atom. The highest BCUT2D eigenvalue weighted by atomic mass is 16.7. The minimum absolute atomic E-state index is 0.106. The van der Waals surface area contributed by atoms with Gasteiger partial charge in [-0.05, 0) is 83.5 Å². The van der Waals surface area contributed by atoms with Gasteiger partial charge in [0.05, 0.1) is 19.8 Å². The van der Waals surface area contributed by atoms with Gasteiger partial charge in [-0.3, -0.25) is 9.59 Å². The van der Waals surface area contributed by atoms with Crippen molar-refractivity contribution in [1.29, 1.82) is 0 Å². The molecule has 15 nitrogen and oxygen atoms in total. The normalized spacial score (nSPS) is 26.8. The fourth-order valence-electron chi connectivity index (χ4n) is 7.12. The van der Waals surface area contributed by atoms with Crippen LogP contribution in [0.1, 0.15) is 142 Å². The molecule has 0 radical (unpaired) electrons. The Kier molecular flexibility index (Phi) is 33.9. The first kappa shape index (κ1) is 59.1. The summed E-state index contributed by atoms with van der Waals surface area (Å²) in [7, 11) is 0. The zero-order valence-corrected chi connectivity index (χ0v) is 39.6. The number of unbranched alkanes of at least 4 members (excludes halogenated alkanes) is 10. The molecule has 2 saturated heterocycles. The van der Waals surface area contributed by atoms with Gasteiger partial charge in [-0.1, -0.05) is 119 Å². The predicted molar refractivity (Wildman–Crippen MR) is 252 cm³/mol. The van der Waals surface area contributed by atoms with Crippen molar-refractivity contribution in [2.24, 2.45) is 0 Å². The Labute approximate surface area is 393 Å². The third-order valence-electron chi connectivity index (χ3n) is 11.2. The maximum absolute atomic E-state index is 13.0. The van der Waals surface area contributed by atoms with Crippen LogP contribution in [0.4, 0.5) is 0 Å². The molecule has 4 unspecified atom stereocenters. The number of aliphatic hydroxyl groups excluding tert-OH is 7. The Morgan fingerprint density at radius 2 is 0.955 bits per heavy atom. The number of hydrogen-bond donors (Lipinski definition) is 7. The SMILES string of the molecule is CC/C=C/C/C=C/C/C=C/C/C=C/CCCCC(=O)O[C@H](COC(=O)CCCCCCC/C=C/C/C=C/CCCCC)CO[C@@H]1O[C@H](CO[C@@H]2O[C@H](CO)[C@H](O)C(O)C2O)[C@H](O)C(O)C1O. The van der Waals surface area contributed by atoms with E-state index in [-0.39, 0.29) is 19.4 Å². The van der Waals surface area contributed by atoms with E-state index in [0.717, 1.165) is 83.5 Å². The van der Waals surface area contributed by atoms with Crippen molar-refractivity contribution in [2.45, 2.75) is 210 Å². The Balaban J connectivity index is 1.86. The molecule has 2 aliphatic heterocycles. The molecule has 0 aromatic rings. The molecule has 15 heteroatoms. The maximum Gasteiger partial charge on any atom is 0.306 e. The largest absolute Gasteiger partial charge is 0.462 e. The van der Waals surface area contributed by atoms with Crippen LogP contribution < -0.4 is 0 Å². The third kappa shape index (κ3) is 25.9. The first-order valence-electron chi connectivity index (χ1n) is 24.5. The Bertz CT molecular complexity index is 1430. The van der Waals surface area contributed by atoms with Gasteiger partial charge < -0.3 is 64.2 Å². The quantitative estimate of drug-likeness (QED) is 0.0209. The van der Waals surface area contributed by atoms with Crippen molar-refractivity contribution in [3.05, 3.63) is 72.9 Å². The Hall–Kier alpha value is -3.06. The van der Waals surface area contributed by atoms with Crippen LogP contribution in [-0.2, 0) is 38.0 Å². The van der Waals surface area contributed by atoms with Crippen LogP contribution in [0.3, 0.4) is 0 Å². The molecule has 7 N–H and O–H groups in total. The second-order valence-electron chi connectivity index (χ2n) is 16.9. The predicted octanol–water partition coefficient (Wildman–Crippen LogP) is 6.26. The zero-order chi connectivity index (χ0) is 48.2. The molecular formula is C51H84O15. The van der Waals surface area contributed by atoms with E-state index >= 15 is 0 Å². The lowest BCUT2D eigenvalue weighted by Crippen LogP contribution is -2.61. The van der Waals surface area contributed by atoms with E-state index in [9.17, 15) is 45.3 Å². The average molecular weight is 937 g/mol. The molecule has 0 saturated carbocycles. The minimum Gasteiger partial charge on any atom is -0.462 e. The first-order chi connectivity index (χ1) is 32.0. The summed E-state index contributed by atoms with van der Waals surface area (Å²) in [6, 6.07) is 0. The second-order valence-corrected chi connectivity index (χ2v) is 16.9. The van der Waals surface area contributed by atoms with E-state index in [2.05, 4.69) is 86.8 Å². The van der Waals surface area contributed by atoms with Crippen molar-refractivity contribution >= 4 is 11.9 Å². The van der Waals surface area contributed by atoms with Crippen LogP contribution in [0, 0.1) is 0 Å². The van der Waals surface area contributed by atoms with Crippen molar-refractivity contribution in [1.82, 2.24) is 0 Å². The average Bonchev–Trinajstić information content (AvgIpc) is 3.31. The van der Waals surface area contributed by atoms with E-state index in [4.69, 9.17) is 28.4 Å². The Morgan fingerprint density at radius 1 is 0.500 bits per heavy atom. The molecule has 0 aromatic heterocycles. The van der Waals surface area contributed by atoms with Crippen molar-refractivity contribution in [3.8, 4) is 0 Å². The van der Waals surface area contributed by atoms with E-state index in [1.165, 1.54) is 19.3 Å². The summed E-state index contributed by atoms with van der Waals surface area (Å²) < 4.78 is 33.5. The van der Waals surface area contributed by atoms with Gasteiger partial charge in [-0.2, -0.15) is 0 Å². The summed E-state index contributed by atoms with van der Waals surface area (Å²) in [5, 5.41) is 72.0. The lowest BCUT2D eigenvalue weighted by molar-refractivity contribution is -0.332. The van der Waals surface area contributed by atoms with Crippen LogP contribution in [0.2, 0.25) is 0 Å². The second kappa shape index (κ2) is 37.9. The molecular weight excluding hydrogens is 853 g/mol. The lowest BCUT2D eigenvalue weighted by Gasteiger charge is -2.42. The third-order valence-corrected chi connectivity index (χ3v) is 11.2. The standard InChI is InChI=1S/C51H84O15/c1-3-5-7-9-11-13-15-17-19-21-23-25-27-29-31-33-42(53)61-36-39(64-43(54)34-32-30-28-26-24-22-20-18-16-14-12-10-8-6-4-2)37-62-50-49(60)47(58)45(56)41(66-50)38-63-51-48(59)46(57)44(55)40(35-52)65-51/h6,8,11-14,17-20,24,26,39-41,44-52,55-60H,3-5,7,9-10,15-16,21-23,25,27-38H2,1-2H3/b8-6+,13-11+,14-12+,19-17+,20-18+,26-24+/t39-,40-,41-,44+,45+,46?,47?,48?,49?,50-,51-/m1/s1. The van der Waals surface area contributed by atoms with Crippen LogP contribution in [0.25, 0.3) is 0 Å². The molecule has 2 rings (SSSR count). The van der Waals surface area contributed by atoms with Crippen molar-refractivity contribution < 1.29 is 73.8 Å². The van der Waals surface area contributed by atoms with E-state index in [1.807, 2.05) is 0 Å². The molecule has 0 aromatic carbocycles. The molecule has 0 amide bonds. The van der Waals surface area contributed by atoms with Crippen LogP contribution >= 0.6 is 0 Å². The summed E-state index contributed by atoms with van der Waals surface area (Å²) >= 11 is 0. The van der Waals surface area contributed by atoms with Gasteiger partial charge in [0, 0.05) is 12.8 Å². The van der Waals surface area contributed by atoms with Crippen molar-refractivity contribution in [3.63, 3.8) is 0 Å². The summed E-state index contributed by atoms with van der Waals surface area (Å²) in [6.07, 6.45) is 26.5. The molecule has 66 heavy (non-hydrogen) atoms. The van der Waals surface area contributed by atoms with Gasteiger partial charge in [0.1, 0.15) is 55.4 Å². The first-order valence-corrected chi connectivity index (χ1v) is 24.5. The van der Waals surface area contributed by atoms with E-state index in [0.29, 0.717) is 12.8 Å².